The Kier molecular flexibility index (Phi) is 6.07. The van der Waals surface area contributed by atoms with E-state index in [2.05, 4.69) is 5.32 Å². The predicted octanol–water partition coefficient (Wildman–Crippen LogP) is 6.61. The standard InChI is InChI=1S/C29H26NO5P/c1-20-18-26-27(19-21(20)2)29(30-28(26)31,22-14-16-23(33-3)17-15-22)36(32,34-24-10-6-4-7-11-24)35-25-12-8-5-9-13-25/h4-19H,1-3H3,(H,30,31)/t29-/m1/s1. The molecule has 0 aliphatic carbocycles. The highest BCUT2D eigenvalue weighted by Crippen LogP contribution is 2.67. The minimum atomic E-state index is -4.26. The number of amides is 1. The van der Waals surface area contributed by atoms with Crippen LogP contribution in [0.25, 0.3) is 0 Å². The van der Waals surface area contributed by atoms with Gasteiger partial charge in [0.1, 0.15) is 17.2 Å². The Balaban J connectivity index is 1.81. The van der Waals surface area contributed by atoms with Crippen LogP contribution in [0.3, 0.4) is 0 Å². The first-order valence-electron chi connectivity index (χ1n) is 11.5. The highest BCUT2D eigenvalue weighted by Gasteiger charge is 2.62. The number of benzene rings is 4. The number of aryl methyl sites for hydroxylation is 2. The molecule has 1 aliphatic heterocycles. The van der Waals surface area contributed by atoms with E-state index in [0.717, 1.165) is 11.1 Å². The molecule has 1 heterocycles. The molecule has 36 heavy (non-hydrogen) atoms. The zero-order valence-electron chi connectivity index (χ0n) is 20.2. The number of hydrogen-bond donors (Lipinski definition) is 1. The molecule has 6 nitrogen and oxygen atoms in total. The molecular weight excluding hydrogens is 473 g/mol. The zero-order valence-corrected chi connectivity index (χ0v) is 21.1. The number of rotatable bonds is 7. The van der Waals surface area contributed by atoms with E-state index in [4.69, 9.17) is 13.8 Å². The van der Waals surface area contributed by atoms with Gasteiger partial charge in [-0.3, -0.25) is 4.79 Å². The molecule has 0 fully saturated rings. The number of ether oxygens (including phenoxy) is 1. The summed E-state index contributed by atoms with van der Waals surface area (Å²) < 4.78 is 33.1. The fourth-order valence-corrected chi connectivity index (χ4v) is 6.73. The van der Waals surface area contributed by atoms with Gasteiger partial charge in [0.25, 0.3) is 5.91 Å². The Hall–Kier alpha value is -4.02. The lowest BCUT2D eigenvalue weighted by Crippen LogP contribution is -2.43. The highest BCUT2D eigenvalue weighted by atomic mass is 31.2. The lowest BCUT2D eigenvalue weighted by molar-refractivity contribution is 0.0949. The van der Waals surface area contributed by atoms with Gasteiger partial charge in [0.15, 0.2) is 0 Å². The Labute approximate surface area is 210 Å². The summed E-state index contributed by atoms with van der Waals surface area (Å²) in [6.45, 7) is 3.90. The second kappa shape index (κ2) is 9.21. The largest absolute Gasteiger partial charge is 0.497 e. The van der Waals surface area contributed by atoms with E-state index >= 15 is 4.57 Å². The number of fused-ring (bicyclic) bond motifs is 1. The van der Waals surface area contributed by atoms with E-state index in [9.17, 15) is 4.79 Å². The van der Waals surface area contributed by atoms with Crippen LogP contribution in [0.15, 0.2) is 97.1 Å². The molecule has 4 aromatic carbocycles. The summed E-state index contributed by atoms with van der Waals surface area (Å²) >= 11 is 0. The first kappa shape index (κ1) is 23.7. The molecule has 1 amide bonds. The molecular formula is C29H26NO5P. The topological polar surface area (TPSA) is 73.9 Å². The van der Waals surface area contributed by atoms with Crippen molar-refractivity contribution < 1.29 is 23.1 Å². The van der Waals surface area contributed by atoms with Crippen LogP contribution in [0.1, 0.15) is 32.6 Å². The van der Waals surface area contributed by atoms with Crippen LogP contribution >= 0.6 is 7.60 Å². The molecule has 5 rings (SSSR count). The molecule has 1 atom stereocenters. The molecule has 0 saturated carbocycles. The lowest BCUT2D eigenvalue weighted by atomic mass is 9.94. The van der Waals surface area contributed by atoms with Gasteiger partial charge in [-0.05, 0) is 73.0 Å². The van der Waals surface area contributed by atoms with Crippen LogP contribution in [-0.2, 0) is 9.85 Å². The van der Waals surface area contributed by atoms with Crippen LogP contribution in [0.2, 0.25) is 0 Å². The molecule has 1 aliphatic rings. The number of nitrogens with one attached hydrogen (secondary N) is 1. The summed E-state index contributed by atoms with van der Waals surface area (Å²) in [5.74, 6) is 0.992. The van der Waals surface area contributed by atoms with Gasteiger partial charge >= 0.3 is 7.60 Å². The van der Waals surface area contributed by atoms with E-state index in [-0.39, 0.29) is 5.91 Å². The lowest BCUT2D eigenvalue weighted by Gasteiger charge is -2.37. The summed E-state index contributed by atoms with van der Waals surface area (Å²) in [6, 6.07) is 28.5. The summed E-state index contributed by atoms with van der Waals surface area (Å²) in [7, 11) is -2.69. The maximum atomic E-state index is 15.2. The molecule has 7 heteroatoms. The second-order valence-corrected chi connectivity index (χ2v) is 10.7. The van der Waals surface area contributed by atoms with Gasteiger partial charge in [-0.1, -0.05) is 54.6 Å². The van der Waals surface area contributed by atoms with E-state index < -0.39 is 12.9 Å². The minimum absolute atomic E-state index is 0.350. The van der Waals surface area contributed by atoms with Gasteiger partial charge in [-0.25, -0.2) is 4.57 Å². The molecule has 4 aromatic rings. The van der Waals surface area contributed by atoms with Crippen molar-refractivity contribution in [3.63, 3.8) is 0 Å². The number of para-hydroxylation sites is 2. The third-order valence-electron chi connectivity index (χ3n) is 6.42. The van der Waals surface area contributed by atoms with Crippen molar-refractivity contribution in [3.05, 3.63) is 125 Å². The Bertz CT molecular complexity index is 1410. The van der Waals surface area contributed by atoms with Crippen molar-refractivity contribution in [3.8, 4) is 17.2 Å². The first-order valence-corrected chi connectivity index (χ1v) is 13.1. The molecule has 1 N–H and O–H groups in total. The molecule has 0 radical (unpaired) electrons. The molecule has 182 valence electrons. The van der Waals surface area contributed by atoms with Crippen LogP contribution in [0, 0.1) is 13.8 Å². The average molecular weight is 500 g/mol. The normalized spacial score (nSPS) is 16.7. The summed E-state index contributed by atoms with van der Waals surface area (Å²) in [6.07, 6.45) is 0. The van der Waals surface area contributed by atoms with Crippen molar-refractivity contribution in [1.29, 1.82) is 0 Å². The predicted molar refractivity (Wildman–Crippen MR) is 139 cm³/mol. The zero-order chi connectivity index (χ0) is 25.3. The van der Waals surface area contributed by atoms with E-state index in [1.165, 1.54) is 0 Å². The van der Waals surface area contributed by atoms with Gasteiger partial charge < -0.3 is 19.1 Å². The Morgan fingerprint density at radius 1 is 0.722 bits per heavy atom. The van der Waals surface area contributed by atoms with Crippen LogP contribution in [0.4, 0.5) is 0 Å². The third-order valence-corrected chi connectivity index (χ3v) is 8.75. The van der Waals surface area contributed by atoms with Crippen molar-refractivity contribution in [2.75, 3.05) is 7.11 Å². The van der Waals surface area contributed by atoms with Crippen LogP contribution < -0.4 is 19.1 Å². The monoisotopic (exact) mass is 499 g/mol. The Morgan fingerprint density at radius 2 is 1.25 bits per heavy atom. The molecule has 0 bridgehead atoms. The van der Waals surface area contributed by atoms with Gasteiger partial charge in [0.05, 0.1) is 7.11 Å². The SMILES string of the molecule is COc1ccc([C@]2(P(=O)(Oc3ccccc3)Oc3ccccc3)NC(=O)c3cc(C)c(C)cc32)cc1. The maximum Gasteiger partial charge on any atom is 0.465 e. The highest BCUT2D eigenvalue weighted by molar-refractivity contribution is 7.56. The van der Waals surface area contributed by atoms with Crippen molar-refractivity contribution in [2.24, 2.45) is 0 Å². The fourth-order valence-electron chi connectivity index (χ4n) is 4.43. The van der Waals surface area contributed by atoms with Gasteiger partial charge in [0.2, 0.25) is 5.28 Å². The number of hydrogen-bond acceptors (Lipinski definition) is 5. The summed E-state index contributed by atoms with van der Waals surface area (Å²) in [5.41, 5.74) is 3.43. The number of methoxy groups -OCH3 is 1. The van der Waals surface area contributed by atoms with Gasteiger partial charge in [-0.2, -0.15) is 0 Å². The fraction of sp³-hybridized carbons (Fsp3) is 0.138. The van der Waals surface area contributed by atoms with Crippen LogP contribution in [-0.4, -0.2) is 13.0 Å². The molecule has 0 spiro atoms. The molecule has 0 aromatic heterocycles. The van der Waals surface area contributed by atoms with E-state index in [1.807, 2.05) is 38.1 Å². The molecule has 0 saturated heterocycles. The summed E-state index contributed by atoms with van der Waals surface area (Å²) in [5, 5.41) is 1.41. The van der Waals surface area contributed by atoms with E-state index in [0.29, 0.717) is 33.9 Å². The number of carbonyl (C=O) groups excluding carboxylic acids is 1. The van der Waals surface area contributed by atoms with Crippen molar-refractivity contribution in [2.45, 2.75) is 19.1 Å². The number of carbonyl (C=O) groups is 1. The summed E-state index contributed by atoms with van der Waals surface area (Å²) in [4.78, 5) is 13.4. The second-order valence-electron chi connectivity index (χ2n) is 8.68. The van der Waals surface area contributed by atoms with Crippen molar-refractivity contribution >= 4 is 13.5 Å². The van der Waals surface area contributed by atoms with Crippen LogP contribution in [0.5, 0.6) is 17.2 Å². The first-order chi connectivity index (χ1) is 17.4. The van der Waals surface area contributed by atoms with Gasteiger partial charge in [0, 0.05) is 11.1 Å². The van der Waals surface area contributed by atoms with E-state index in [1.54, 1.807) is 79.9 Å². The van der Waals surface area contributed by atoms with Gasteiger partial charge in [-0.15, -0.1) is 0 Å². The molecule has 0 unspecified atom stereocenters. The van der Waals surface area contributed by atoms with Crippen molar-refractivity contribution in [1.82, 2.24) is 5.32 Å². The third kappa shape index (κ3) is 3.94. The minimum Gasteiger partial charge on any atom is -0.497 e. The average Bonchev–Trinajstić information content (AvgIpc) is 3.18. The maximum absolute atomic E-state index is 15.2. The Morgan fingerprint density at radius 3 is 1.78 bits per heavy atom. The smallest absolute Gasteiger partial charge is 0.465 e. The quantitative estimate of drug-likeness (QED) is 0.290.